The molecular formula is C12H19ClN2O2S. The highest BCUT2D eigenvalue weighted by molar-refractivity contribution is 7.89. The van der Waals surface area contributed by atoms with E-state index >= 15 is 0 Å². The van der Waals surface area contributed by atoms with Crippen molar-refractivity contribution in [2.75, 3.05) is 13.1 Å². The average molecular weight is 291 g/mol. The van der Waals surface area contributed by atoms with E-state index in [-0.39, 0.29) is 10.9 Å². The van der Waals surface area contributed by atoms with Crippen molar-refractivity contribution in [3.63, 3.8) is 0 Å². The molecule has 6 heteroatoms. The van der Waals surface area contributed by atoms with E-state index in [4.69, 9.17) is 11.6 Å². The standard InChI is InChI=1S/C12H19ClN2O2S/c1-4-15(9-10(2)3)18(16,17)12-6-5-11(7-13)8-14-12/h5-6,8,10H,4,7,9H2,1-3H3. The molecule has 0 saturated carbocycles. The molecule has 0 radical (unpaired) electrons. The van der Waals surface area contributed by atoms with Crippen LogP contribution in [0.4, 0.5) is 0 Å². The van der Waals surface area contributed by atoms with Crippen molar-refractivity contribution in [2.24, 2.45) is 5.92 Å². The maximum absolute atomic E-state index is 12.3. The van der Waals surface area contributed by atoms with Gasteiger partial charge in [-0.25, -0.2) is 13.4 Å². The molecular weight excluding hydrogens is 272 g/mol. The molecule has 0 unspecified atom stereocenters. The number of sulfonamides is 1. The Balaban J connectivity index is 3.02. The van der Waals surface area contributed by atoms with Crippen molar-refractivity contribution >= 4 is 21.6 Å². The van der Waals surface area contributed by atoms with Crippen LogP contribution in [0, 0.1) is 5.92 Å². The zero-order chi connectivity index (χ0) is 13.8. The topological polar surface area (TPSA) is 50.3 Å². The first-order valence-electron chi connectivity index (χ1n) is 5.92. The first kappa shape index (κ1) is 15.4. The second kappa shape index (κ2) is 6.50. The molecule has 0 amide bonds. The monoisotopic (exact) mass is 290 g/mol. The van der Waals surface area contributed by atoms with Gasteiger partial charge in [0, 0.05) is 25.2 Å². The van der Waals surface area contributed by atoms with Crippen molar-refractivity contribution in [1.29, 1.82) is 0 Å². The summed E-state index contributed by atoms with van der Waals surface area (Å²) < 4.78 is 26.1. The fraction of sp³-hybridized carbons (Fsp3) is 0.583. The van der Waals surface area contributed by atoms with E-state index < -0.39 is 10.0 Å². The molecule has 1 heterocycles. The highest BCUT2D eigenvalue weighted by Gasteiger charge is 2.24. The molecule has 4 nitrogen and oxygen atoms in total. The van der Waals surface area contributed by atoms with Crippen LogP contribution in [-0.4, -0.2) is 30.8 Å². The van der Waals surface area contributed by atoms with Gasteiger partial charge in [0.15, 0.2) is 5.03 Å². The molecule has 1 aromatic heterocycles. The number of aromatic nitrogens is 1. The Bertz CT molecular complexity index is 471. The Labute approximate surface area is 114 Å². The van der Waals surface area contributed by atoms with E-state index in [1.165, 1.54) is 16.6 Å². The lowest BCUT2D eigenvalue weighted by Crippen LogP contribution is -2.34. The van der Waals surface area contributed by atoms with Gasteiger partial charge in [-0.1, -0.05) is 26.8 Å². The number of nitrogens with zero attached hydrogens (tertiary/aromatic N) is 2. The summed E-state index contributed by atoms with van der Waals surface area (Å²) in [6.45, 7) is 6.74. The van der Waals surface area contributed by atoms with Crippen LogP contribution in [0.1, 0.15) is 26.3 Å². The Morgan fingerprint density at radius 1 is 1.39 bits per heavy atom. The number of rotatable bonds is 6. The highest BCUT2D eigenvalue weighted by atomic mass is 35.5. The van der Waals surface area contributed by atoms with E-state index in [0.717, 1.165) is 5.56 Å². The van der Waals surface area contributed by atoms with Gasteiger partial charge in [-0.15, -0.1) is 11.6 Å². The van der Waals surface area contributed by atoms with Gasteiger partial charge >= 0.3 is 0 Å². The number of hydrogen-bond donors (Lipinski definition) is 0. The van der Waals surface area contributed by atoms with E-state index in [2.05, 4.69) is 4.98 Å². The van der Waals surface area contributed by atoms with E-state index in [1.54, 1.807) is 6.07 Å². The lowest BCUT2D eigenvalue weighted by Gasteiger charge is -2.21. The molecule has 0 fully saturated rings. The molecule has 1 rings (SSSR count). The SMILES string of the molecule is CCN(CC(C)C)S(=O)(=O)c1ccc(CCl)cn1. The molecule has 102 valence electrons. The minimum absolute atomic E-state index is 0.0823. The number of pyridine rings is 1. The van der Waals surface area contributed by atoms with Crippen LogP contribution in [0.15, 0.2) is 23.4 Å². The highest BCUT2D eigenvalue weighted by Crippen LogP contribution is 2.15. The summed E-state index contributed by atoms with van der Waals surface area (Å²) in [6, 6.07) is 3.20. The van der Waals surface area contributed by atoms with Gasteiger partial charge in [0.2, 0.25) is 0 Å². The summed E-state index contributed by atoms with van der Waals surface area (Å²) in [6.07, 6.45) is 1.50. The van der Waals surface area contributed by atoms with E-state index in [1.807, 2.05) is 20.8 Å². The molecule has 18 heavy (non-hydrogen) atoms. The number of hydrogen-bond acceptors (Lipinski definition) is 3. The second-order valence-electron chi connectivity index (χ2n) is 4.49. The van der Waals surface area contributed by atoms with Crippen LogP contribution >= 0.6 is 11.6 Å². The van der Waals surface area contributed by atoms with E-state index in [0.29, 0.717) is 19.0 Å². The van der Waals surface area contributed by atoms with Gasteiger partial charge in [0.25, 0.3) is 10.0 Å². The first-order valence-corrected chi connectivity index (χ1v) is 7.90. The number of halogens is 1. The van der Waals surface area contributed by atoms with Crippen LogP contribution in [-0.2, 0) is 15.9 Å². The molecule has 0 aliphatic rings. The fourth-order valence-corrected chi connectivity index (χ4v) is 3.26. The smallest absolute Gasteiger partial charge is 0.243 e. The summed E-state index contributed by atoms with van der Waals surface area (Å²) >= 11 is 5.65. The van der Waals surface area contributed by atoms with Gasteiger partial charge in [-0.2, -0.15) is 4.31 Å². The Morgan fingerprint density at radius 3 is 2.44 bits per heavy atom. The second-order valence-corrected chi connectivity index (χ2v) is 6.64. The summed E-state index contributed by atoms with van der Waals surface area (Å²) in [5.41, 5.74) is 0.808. The van der Waals surface area contributed by atoms with Gasteiger partial charge in [0.05, 0.1) is 0 Å². The third kappa shape index (κ3) is 3.67. The quantitative estimate of drug-likeness (QED) is 0.756. The molecule has 1 aromatic rings. The van der Waals surface area contributed by atoms with Gasteiger partial charge in [0.1, 0.15) is 0 Å². The summed E-state index contributed by atoms with van der Waals surface area (Å²) in [4.78, 5) is 3.98. The zero-order valence-corrected chi connectivity index (χ0v) is 12.5. The molecule has 0 atom stereocenters. The number of alkyl halides is 1. The zero-order valence-electron chi connectivity index (χ0n) is 10.9. The predicted octanol–water partition coefficient (Wildman–Crippen LogP) is 2.49. The van der Waals surface area contributed by atoms with Crippen LogP contribution in [0.25, 0.3) is 0 Å². The third-order valence-corrected chi connectivity index (χ3v) is 4.64. The van der Waals surface area contributed by atoms with Crippen molar-refractivity contribution in [1.82, 2.24) is 9.29 Å². The van der Waals surface area contributed by atoms with Gasteiger partial charge in [-0.05, 0) is 17.5 Å². The molecule has 0 aliphatic heterocycles. The molecule has 0 saturated heterocycles. The molecule has 0 spiro atoms. The third-order valence-electron chi connectivity index (χ3n) is 2.48. The normalized spacial score (nSPS) is 12.3. The maximum Gasteiger partial charge on any atom is 0.260 e. The largest absolute Gasteiger partial charge is 0.260 e. The van der Waals surface area contributed by atoms with Crippen molar-refractivity contribution in [3.8, 4) is 0 Å². The molecule has 0 aromatic carbocycles. The van der Waals surface area contributed by atoms with Crippen molar-refractivity contribution in [2.45, 2.75) is 31.7 Å². The predicted molar refractivity (Wildman–Crippen MR) is 73.1 cm³/mol. The van der Waals surface area contributed by atoms with Crippen molar-refractivity contribution < 1.29 is 8.42 Å². The minimum Gasteiger partial charge on any atom is -0.243 e. The lowest BCUT2D eigenvalue weighted by atomic mass is 10.2. The van der Waals surface area contributed by atoms with E-state index in [9.17, 15) is 8.42 Å². The molecule has 0 bridgehead atoms. The van der Waals surface area contributed by atoms with Crippen LogP contribution in [0.3, 0.4) is 0 Å². The Hall–Kier alpha value is -0.650. The van der Waals surface area contributed by atoms with Crippen LogP contribution in [0.2, 0.25) is 0 Å². The summed E-state index contributed by atoms with van der Waals surface area (Å²) in [7, 11) is -3.49. The Morgan fingerprint density at radius 2 is 2.06 bits per heavy atom. The minimum atomic E-state index is -3.49. The Kier molecular flexibility index (Phi) is 5.56. The fourth-order valence-electron chi connectivity index (χ4n) is 1.58. The summed E-state index contributed by atoms with van der Waals surface area (Å²) in [5.74, 6) is 0.610. The maximum atomic E-state index is 12.3. The van der Waals surface area contributed by atoms with Crippen LogP contribution in [0.5, 0.6) is 0 Å². The average Bonchev–Trinajstić information content (AvgIpc) is 2.35. The molecule has 0 aliphatic carbocycles. The first-order chi connectivity index (χ1) is 8.41. The van der Waals surface area contributed by atoms with Crippen molar-refractivity contribution in [3.05, 3.63) is 23.9 Å². The molecule has 0 N–H and O–H groups in total. The van der Waals surface area contributed by atoms with Crippen LogP contribution < -0.4 is 0 Å². The lowest BCUT2D eigenvalue weighted by molar-refractivity contribution is 0.379. The van der Waals surface area contributed by atoms with Gasteiger partial charge in [-0.3, -0.25) is 0 Å². The summed E-state index contributed by atoms with van der Waals surface area (Å²) in [5, 5.41) is 0.0823. The van der Waals surface area contributed by atoms with Gasteiger partial charge < -0.3 is 0 Å².